The fraction of sp³-hybridized carbons (Fsp3) is 0.188. The van der Waals surface area contributed by atoms with Crippen molar-refractivity contribution in [1.82, 2.24) is 14.7 Å². The molecule has 0 radical (unpaired) electrons. The normalized spacial score (nSPS) is 17.4. The third-order valence-electron chi connectivity index (χ3n) is 3.87. The molecule has 4 rings (SSSR count). The maximum Gasteiger partial charge on any atom is 0.246 e. The molecule has 1 fully saturated rings. The molecule has 3 aromatic rings. The van der Waals surface area contributed by atoms with Crippen LogP contribution in [0.4, 0.5) is 5.69 Å². The third-order valence-corrected chi connectivity index (χ3v) is 4.64. The van der Waals surface area contributed by atoms with Crippen LogP contribution in [-0.2, 0) is 9.59 Å². The Balaban J connectivity index is 1.63. The number of aromatic nitrogens is 2. The second-order valence-electron chi connectivity index (χ2n) is 5.41. The zero-order valence-corrected chi connectivity index (χ0v) is 13.0. The zero-order chi connectivity index (χ0) is 15.8. The Labute approximate surface area is 136 Å². The Bertz CT molecular complexity index is 870. The van der Waals surface area contributed by atoms with E-state index in [-0.39, 0.29) is 11.8 Å². The van der Waals surface area contributed by atoms with Crippen LogP contribution in [0.5, 0.6) is 0 Å². The number of para-hydroxylation sites is 1. The summed E-state index contributed by atoms with van der Waals surface area (Å²) < 4.78 is 1.95. The van der Waals surface area contributed by atoms with E-state index in [1.807, 2.05) is 46.4 Å². The fourth-order valence-electron chi connectivity index (χ4n) is 2.70. The van der Waals surface area contributed by atoms with E-state index in [9.17, 15) is 9.59 Å². The Morgan fingerprint density at radius 2 is 2.26 bits per heavy atom. The molecule has 6 nitrogen and oxygen atoms in total. The minimum absolute atomic E-state index is 0.0761. The molecular weight excluding hydrogens is 312 g/mol. The molecule has 0 aliphatic carbocycles. The van der Waals surface area contributed by atoms with Gasteiger partial charge in [0, 0.05) is 29.8 Å². The number of thiazole rings is 1. The van der Waals surface area contributed by atoms with Gasteiger partial charge in [-0.2, -0.15) is 0 Å². The van der Waals surface area contributed by atoms with Crippen LogP contribution in [-0.4, -0.2) is 27.2 Å². The first-order valence-electron chi connectivity index (χ1n) is 7.32. The van der Waals surface area contributed by atoms with E-state index in [0.29, 0.717) is 18.5 Å². The minimum Gasteiger partial charge on any atom is -0.344 e. The Hall–Kier alpha value is -2.67. The highest BCUT2D eigenvalue weighted by Gasteiger charge is 2.27. The van der Waals surface area contributed by atoms with Crippen LogP contribution < -0.4 is 10.6 Å². The average molecular weight is 326 g/mol. The standard InChI is InChI=1S/C16H14N4O2S/c21-14-6-5-12(17-14)15(22)18-11-4-2-1-3-10(11)13-9-20-7-8-23-16(20)19-13/h1-4,7-9,12H,5-6H2,(H,17,21)(H,18,22). The number of amides is 2. The van der Waals surface area contributed by atoms with E-state index >= 15 is 0 Å². The van der Waals surface area contributed by atoms with Gasteiger partial charge in [-0.1, -0.05) is 18.2 Å². The summed E-state index contributed by atoms with van der Waals surface area (Å²) in [5.74, 6) is -0.267. The largest absolute Gasteiger partial charge is 0.344 e. The molecule has 1 saturated heterocycles. The van der Waals surface area contributed by atoms with Crippen molar-refractivity contribution >= 4 is 33.8 Å². The van der Waals surface area contributed by atoms with Crippen LogP contribution in [0.2, 0.25) is 0 Å². The highest BCUT2D eigenvalue weighted by molar-refractivity contribution is 7.15. The van der Waals surface area contributed by atoms with Gasteiger partial charge >= 0.3 is 0 Å². The molecule has 1 aliphatic heterocycles. The Kier molecular flexibility index (Phi) is 3.34. The summed E-state index contributed by atoms with van der Waals surface area (Å²) in [5, 5.41) is 7.56. The van der Waals surface area contributed by atoms with E-state index in [0.717, 1.165) is 16.2 Å². The topological polar surface area (TPSA) is 75.5 Å². The van der Waals surface area contributed by atoms with Gasteiger partial charge in [-0.3, -0.25) is 14.0 Å². The van der Waals surface area contributed by atoms with Gasteiger partial charge in [0.15, 0.2) is 4.96 Å². The number of anilines is 1. The van der Waals surface area contributed by atoms with E-state index in [4.69, 9.17) is 0 Å². The van der Waals surface area contributed by atoms with Crippen molar-refractivity contribution in [2.45, 2.75) is 18.9 Å². The zero-order valence-electron chi connectivity index (χ0n) is 12.2. The van der Waals surface area contributed by atoms with Gasteiger partial charge in [-0.05, 0) is 12.5 Å². The second kappa shape index (κ2) is 5.51. The predicted octanol–water partition coefficient (Wildman–Crippen LogP) is 2.28. The van der Waals surface area contributed by atoms with Crippen LogP contribution in [0.1, 0.15) is 12.8 Å². The molecule has 2 aromatic heterocycles. The van der Waals surface area contributed by atoms with E-state index in [2.05, 4.69) is 15.6 Å². The quantitative estimate of drug-likeness (QED) is 0.775. The van der Waals surface area contributed by atoms with Gasteiger partial charge in [0.05, 0.1) is 11.4 Å². The number of hydrogen-bond donors (Lipinski definition) is 2. The van der Waals surface area contributed by atoms with Crippen molar-refractivity contribution in [2.24, 2.45) is 0 Å². The predicted molar refractivity (Wildman–Crippen MR) is 88.3 cm³/mol. The first kappa shape index (κ1) is 14.0. The number of nitrogens with one attached hydrogen (secondary N) is 2. The van der Waals surface area contributed by atoms with Crippen molar-refractivity contribution in [1.29, 1.82) is 0 Å². The summed E-state index contributed by atoms with van der Waals surface area (Å²) in [5.41, 5.74) is 2.37. The molecule has 1 aliphatic rings. The Morgan fingerprint density at radius 1 is 1.39 bits per heavy atom. The van der Waals surface area contributed by atoms with Crippen LogP contribution in [0.15, 0.2) is 42.0 Å². The van der Waals surface area contributed by atoms with E-state index in [1.165, 1.54) is 0 Å². The molecule has 1 aromatic carbocycles. The van der Waals surface area contributed by atoms with Crippen molar-refractivity contribution < 1.29 is 9.59 Å². The number of carbonyl (C=O) groups is 2. The monoisotopic (exact) mass is 326 g/mol. The number of carbonyl (C=O) groups excluding carboxylic acids is 2. The lowest BCUT2D eigenvalue weighted by Crippen LogP contribution is -2.37. The first-order chi connectivity index (χ1) is 11.2. The summed E-state index contributed by atoms with van der Waals surface area (Å²) in [7, 11) is 0. The molecule has 1 atom stereocenters. The third kappa shape index (κ3) is 2.59. The maximum absolute atomic E-state index is 12.3. The number of hydrogen-bond acceptors (Lipinski definition) is 4. The average Bonchev–Trinajstić information content (AvgIpc) is 3.23. The van der Waals surface area contributed by atoms with E-state index < -0.39 is 6.04 Å². The van der Waals surface area contributed by atoms with Gasteiger partial charge in [0.2, 0.25) is 11.8 Å². The SMILES string of the molecule is O=C1CCC(C(=O)Nc2ccccc2-c2cn3ccsc3n2)N1. The maximum atomic E-state index is 12.3. The first-order valence-corrected chi connectivity index (χ1v) is 8.20. The smallest absolute Gasteiger partial charge is 0.246 e. The van der Waals surface area contributed by atoms with Gasteiger partial charge in [-0.25, -0.2) is 4.98 Å². The summed E-state index contributed by atoms with van der Waals surface area (Å²) in [6.07, 6.45) is 4.82. The van der Waals surface area contributed by atoms with Crippen molar-refractivity contribution in [2.75, 3.05) is 5.32 Å². The van der Waals surface area contributed by atoms with Gasteiger partial charge in [0.1, 0.15) is 6.04 Å². The number of imidazole rings is 1. The molecule has 7 heteroatoms. The number of rotatable bonds is 3. The van der Waals surface area contributed by atoms with Crippen LogP contribution in [0.25, 0.3) is 16.2 Å². The minimum atomic E-state index is -0.457. The fourth-order valence-corrected chi connectivity index (χ4v) is 3.40. The lowest BCUT2D eigenvalue weighted by molar-refractivity contribution is -0.122. The highest BCUT2D eigenvalue weighted by Crippen LogP contribution is 2.28. The van der Waals surface area contributed by atoms with Crippen molar-refractivity contribution in [3.05, 3.63) is 42.0 Å². The summed E-state index contributed by atoms with van der Waals surface area (Å²) >= 11 is 1.56. The lowest BCUT2D eigenvalue weighted by Gasteiger charge is -2.13. The highest BCUT2D eigenvalue weighted by atomic mass is 32.1. The molecule has 0 bridgehead atoms. The summed E-state index contributed by atoms with van der Waals surface area (Å²) in [4.78, 5) is 29.1. The Morgan fingerprint density at radius 3 is 3.04 bits per heavy atom. The molecule has 0 saturated carbocycles. The van der Waals surface area contributed by atoms with Crippen molar-refractivity contribution in [3.63, 3.8) is 0 Å². The molecule has 116 valence electrons. The second-order valence-corrected chi connectivity index (χ2v) is 6.29. The molecule has 3 heterocycles. The summed E-state index contributed by atoms with van der Waals surface area (Å²) in [6, 6.07) is 7.09. The van der Waals surface area contributed by atoms with Gasteiger partial charge in [-0.15, -0.1) is 11.3 Å². The lowest BCUT2D eigenvalue weighted by atomic mass is 10.1. The number of nitrogens with zero attached hydrogens (tertiary/aromatic N) is 2. The van der Waals surface area contributed by atoms with Crippen LogP contribution in [0, 0.1) is 0 Å². The molecule has 0 spiro atoms. The molecule has 1 unspecified atom stereocenters. The molecule has 2 amide bonds. The van der Waals surface area contributed by atoms with Crippen LogP contribution in [0.3, 0.4) is 0 Å². The van der Waals surface area contributed by atoms with Gasteiger partial charge in [0.25, 0.3) is 0 Å². The number of fused-ring (bicyclic) bond motifs is 1. The molecular formula is C16H14N4O2S. The number of benzene rings is 1. The van der Waals surface area contributed by atoms with Crippen molar-refractivity contribution in [3.8, 4) is 11.3 Å². The van der Waals surface area contributed by atoms with E-state index in [1.54, 1.807) is 11.3 Å². The summed E-state index contributed by atoms with van der Waals surface area (Å²) in [6.45, 7) is 0. The van der Waals surface area contributed by atoms with Gasteiger partial charge < -0.3 is 10.6 Å². The van der Waals surface area contributed by atoms with Crippen LogP contribution >= 0.6 is 11.3 Å². The molecule has 2 N–H and O–H groups in total. The molecule has 23 heavy (non-hydrogen) atoms.